The van der Waals surface area contributed by atoms with E-state index in [4.69, 9.17) is 0 Å². The van der Waals surface area contributed by atoms with Crippen LogP contribution in [0.4, 0.5) is 17.6 Å². The second kappa shape index (κ2) is 9.69. The zero-order chi connectivity index (χ0) is 30.1. The molecule has 1 aromatic carbocycles. The summed E-state index contributed by atoms with van der Waals surface area (Å²) in [5, 5.41) is 7.70. The van der Waals surface area contributed by atoms with Crippen LogP contribution in [-0.4, -0.2) is 44.0 Å². The molecule has 13 heteroatoms. The van der Waals surface area contributed by atoms with Crippen molar-refractivity contribution in [2.75, 3.05) is 0 Å². The molecule has 7 rings (SSSR count). The molecule has 0 radical (unpaired) electrons. The van der Waals surface area contributed by atoms with Gasteiger partial charge in [-0.3, -0.25) is 14.5 Å². The van der Waals surface area contributed by atoms with Gasteiger partial charge in [0, 0.05) is 12.4 Å². The Kier molecular flexibility index (Phi) is 6.24. The van der Waals surface area contributed by atoms with Crippen molar-refractivity contribution in [2.45, 2.75) is 61.0 Å². The minimum absolute atomic E-state index is 0.0225. The number of aromatic nitrogens is 5. The van der Waals surface area contributed by atoms with Crippen LogP contribution in [0.2, 0.25) is 0 Å². The lowest BCUT2D eigenvalue weighted by atomic mass is 9.61. The number of nitrogens with zero attached hydrogens (tertiary/aromatic N) is 5. The molecule has 222 valence electrons. The van der Waals surface area contributed by atoms with Gasteiger partial charge in [0.05, 0.1) is 39.8 Å². The number of ketones is 1. The van der Waals surface area contributed by atoms with E-state index >= 15 is 0 Å². The van der Waals surface area contributed by atoms with E-state index in [0.29, 0.717) is 22.5 Å². The van der Waals surface area contributed by atoms with E-state index in [1.54, 1.807) is 40.0 Å². The highest BCUT2D eigenvalue weighted by atomic mass is 32.2. The predicted molar refractivity (Wildman–Crippen MR) is 147 cm³/mol. The van der Waals surface area contributed by atoms with E-state index in [9.17, 15) is 30.8 Å². The molecule has 4 aromatic rings. The standard InChI is InChI=1S/C30H25F4N5O3S/c31-21-2-4-23(5-3-21)39-26-14-19-1-8-24(43(41,42)27-10-12-38(37-27)22-6-7-22)16-29(19,15-18(26)17-36-39)28(40)25-13-20(9-11-35-25)30(32,33)34/h2-5,9-14,17,22,24H,1,6-8,15-16H2/t24-,29-/m0/s1. The SMILES string of the molecule is O=C(c1cc(C(F)(F)F)ccn1)[C@]12Cc3cnn(-c4ccc(F)cc4)c3C=C1CC[C@H](S(=O)(=O)c1ccn(C3CC3)n1)C2. The van der Waals surface area contributed by atoms with Crippen molar-refractivity contribution < 1.29 is 30.8 Å². The number of carbonyl (C=O) groups is 1. The van der Waals surface area contributed by atoms with Gasteiger partial charge in [-0.05, 0) is 92.6 Å². The molecular weight excluding hydrogens is 586 g/mol. The summed E-state index contributed by atoms with van der Waals surface area (Å²) < 4.78 is 85.3. The summed E-state index contributed by atoms with van der Waals surface area (Å²) in [4.78, 5) is 18.3. The number of hydrogen-bond acceptors (Lipinski definition) is 6. The molecule has 8 nitrogen and oxygen atoms in total. The van der Waals surface area contributed by atoms with Gasteiger partial charge < -0.3 is 0 Å². The second-order valence-electron chi connectivity index (χ2n) is 11.4. The Hall–Kier alpha value is -4.13. The Morgan fingerprint density at radius 3 is 2.53 bits per heavy atom. The highest BCUT2D eigenvalue weighted by Gasteiger charge is 2.52. The van der Waals surface area contributed by atoms with Crippen molar-refractivity contribution >= 4 is 21.7 Å². The molecule has 3 aliphatic carbocycles. The molecule has 2 fully saturated rings. The number of sulfone groups is 1. The normalized spacial score (nSPS) is 22.0. The molecular formula is C30H25F4N5O3S. The van der Waals surface area contributed by atoms with E-state index in [2.05, 4.69) is 15.2 Å². The van der Waals surface area contributed by atoms with Gasteiger partial charge in [-0.25, -0.2) is 17.5 Å². The van der Waals surface area contributed by atoms with Crippen LogP contribution >= 0.6 is 0 Å². The van der Waals surface area contributed by atoms with Crippen LogP contribution < -0.4 is 0 Å². The maximum Gasteiger partial charge on any atom is 0.416 e. The third-order valence-corrected chi connectivity index (χ3v) is 10.8. The first-order valence-corrected chi connectivity index (χ1v) is 15.4. The first kappa shape index (κ1) is 27.7. The summed E-state index contributed by atoms with van der Waals surface area (Å²) in [6.45, 7) is 0. The van der Waals surface area contributed by atoms with Crippen LogP contribution in [0.3, 0.4) is 0 Å². The maximum absolute atomic E-state index is 14.3. The van der Waals surface area contributed by atoms with Crippen LogP contribution in [0.1, 0.15) is 65.5 Å². The Morgan fingerprint density at radius 1 is 1.05 bits per heavy atom. The smallest absolute Gasteiger partial charge is 0.291 e. The van der Waals surface area contributed by atoms with Gasteiger partial charge in [0.25, 0.3) is 0 Å². The van der Waals surface area contributed by atoms with Crippen LogP contribution in [0.5, 0.6) is 0 Å². The van der Waals surface area contributed by atoms with Gasteiger partial charge in [0.15, 0.2) is 20.6 Å². The third kappa shape index (κ3) is 4.70. The number of fused-ring (bicyclic) bond motifs is 2. The number of halogens is 4. The van der Waals surface area contributed by atoms with Crippen LogP contribution in [0.15, 0.2) is 71.7 Å². The summed E-state index contributed by atoms with van der Waals surface area (Å²) in [6.07, 6.45) is 3.36. The average Bonchev–Trinajstić information content (AvgIpc) is 3.57. The molecule has 43 heavy (non-hydrogen) atoms. The van der Waals surface area contributed by atoms with E-state index in [-0.39, 0.29) is 42.4 Å². The Labute approximate surface area is 244 Å². The molecule has 0 aliphatic heterocycles. The van der Waals surface area contributed by atoms with Gasteiger partial charge in [0.2, 0.25) is 0 Å². The van der Waals surface area contributed by atoms with Gasteiger partial charge >= 0.3 is 6.18 Å². The number of hydrogen-bond donors (Lipinski definition) is 0. The fourth-order valence-corrected chi connectivity index (χ4v) is 8.01. The van der Waals surface area contributed by atoms with Crippen molar-refractivity contribution in [1.82, 2.24) is 24.5 Å². The predicted octanol–water partition coefficient (Wildman–Crippen LogP) is 5.79. The van der Waals surface area contributed by atoms with Crippen molar-refractivity contribution in [1.29, 1.82) is 0 Å². The zero-order valence-corrected chi connectivity index (χ0v) is 23.4. The minimum Gasteiger partial charge on any atom is -0.291 e. The Balaban J connectivity index is 1.32. The fraction of sp³-hybridized carbons (Fsp3) is 0.333. The molecule has 0 spiro atoms. The molecule has 0 unspecified atom stereocenters. The topological polar surface area (TPSA) is 99.7 Å². The van der Waals surface area contributed by atoms with Gasteiger partial charge in [-0.2, -0.15) is 23.4 Å². The number of carbonyl (C=O) groups excluding carboxylic acids is 1. The van der Waals surface area contributed by atoms with Gasteiger partial charge in [0.1, 0.15) is 11.5 Å². The molecule has 0 amide bonds. The quantitative estimate of drug-likeness (QED) is 0.202. The first-order chi connectivity index (χ1) is 20.5. The molecule has 2 saturated carbocycles. The van der Waals surface area contributed by atoms with E-state index in [1.165, 1.54) is 18.2 Å². The first-order valence-electron chi connectivity index (χ1n) is 13.9. The van der Waals surface area contributed by atoms with Crippen molar-refractivity contribution in [3.05, 3.63) is 95.0 Å². The van der Waals surface area contributed by atoms with Crippen molar-refractivity contribution in [3.63, 3.8) is 0 Å². The number of allylic oxidation sites excluding steroid dienone is 1. The van der Waals surface area contributed by atoms with Crippen LogP contribution in [-0.2, 0) is 22.4 Å². The summed E-state index contributed by atoms with van der Waals surface area (Å²) in [7, 11) is -3.97. The summed E-state index contributed by atoms with van der Waals surface area (Å²) in [5.41, 5.74) is -0.416. The van der Waals surface area contributed by atoms with Crippen molar-refractivity contribution in [2.24, 2.45) is 5.41 Å². The lowest BCUT2D eigenvalue weighted by molar-refractivity contribution is -0.137. The monoisotopic (exact) mass is 611 g/mol. The van der Waals surface area contributed by atoms with Gasteiger partial charge in [-0.15, -0.1) is 0 Å². The highest BCUT2D eigenvalue weighted by Crippen LogP contribution is 2.52. The highest BCUT2D eigenvalue weighted by molar-refractivity contribution is 7.92. The Bertz CT molecular complexity index is 1890. The van der Waals surface area contributed by atoms with E-state index in [0.717, 1.165) is 31.2 Å². The molecule has 0 saturated heterocycles. The summed E-state index contributed by atoms with van der Waals surface area (Å²) >= 11 is 0. The zero-order valence-electron chi connectivity index (χ0n) is 22.6. The molecule has 0 N–H and O–H groups in total. The number of alkyl halides is 3. The number of pyridine rings is 1. The van der Waals surface area contributed by atoms with Crippen LogP contribution in [0, 0.1) is 11.2 Å². The van der Waals surface area contributed by atoms with E-state index < -0.39 is 43.8 Å². The number of Topliss-reactive ketones (excluding diaryl/α,β-unsaturated/α-hetero) is 1. The Morgan fingerprint density at radius 2 is 1.81 bits per heavy atom. The number of rotatable bonds is 6. The molecule has 2 atom stereocenters. The number of benzene rings is 1. The van der Waals surface area contributed by atoms with Crippen LogP contribution in [0.25, 0.3) is 11.8 Å². The molecule has 3 aliphatic rings. The molecule has 0 bridgehead atoms. The largest absolute Gasteiger partial charge is 0.416 e. The third-order valence-electron chi connectivity index (χ3n) is 8.68. The fourth-order valence-electron chi connectivity index (χ4n) is 6.28. The average molecular weight is 612 g/mol. The second-order valence-corrected chi connectivity index (χ2v) is 13.6. The van der Waals surface area contributed by atoms with E-state index in [1.807, 2.05) is 0 Å². The van der Waals surface area contributed by atoms with Gasteiger partial charge in [-0.1, -0.05) is 5.57 Å². The lowest BCUT2D eigenvalue weighted by Gasteiger charge is -2.43. The minimum atomic E-state index is -4.69. The summed E-state index contributed by atoms with van der Waals surface area (Å²) in [6, 6.07) is 8.88. The molecule has 3 heterocycles. The molecule has 3 aromatic heterocycles. The van der Waals surface area contributed by atoms with Crippen molar-refractivity contribution in [3.8, 4) is 5.69 Å². The maximum atomic E-state index is 14.3. The summed E-state index contributed by atoms with van der Waals surface area (Å²) in [5.74, 6) is -1.09. The lowest BCUT2D eigenvalue weighted by Crippen LogP contribution is -2.46.